The van der Waals surface area contributed by atoms with Gasteiger partial charge in [-0.3, -0.25) is 4.99 Å². The molecule has 0 saturated carbocycles. The Kier molecular flexibility index (Phi) is 1.84. The van der Waals surface area contributed by atoms with Crippen LogP contribution in [-0.2, 0) is 6.42 Å². The van der Waals surface area contributed by atoms with Gasteiger partial charge in [0.1, 0.15) is 0 Å². The summed E-state index contributed by atoms with van der Waals surface area (Å²) < 4.78 is 0. The summed E-state index contributed by atoms with van der Waals surface area (Å²) in [6.45, 7) is 3.04. The van der Waals surface area contributed by atoms with Gasteiger partial charge in [0.2, 0.25) is 0 Å². The first kappa shape index (κ1) is 8.66. The van der Waals surface area contributed by atoms with E-state index in [4.69, 9.17) is 0 Å². The van der Waals surface area contributed by atoms with Crippen molar-refractivity contribution in [3.8, 4) is 0 Å². The zero-order chi connectivity index (χ0) is 10.3. The summed E-state index contributed by atoms with van der Waals surface area (Å²) >= 11 is 0. The molecular weight excluding hydrogens is 182 g/mol. The Bertz CT molecular complexity index is 552. The molecule has 2 aromatic carbocycles. The van der Waals surface area contributed by atoms with Crippen LogP contribution in [0.25, 0.3) is 10.8 Å². The average Bonchev–Trinajstić information content (AvgIpc) is 2.29. The number of benzene rings is 2. The van der Waals surface area contributed by atoms with Crippen LogP contribution in [0.2, 0.25) is 0 Å². The number of nitrogens with zero attached hydrogens (tertiary/aromatic N) is 1. The standard InChI is InChI=1S/C14H13N/c1-10-12-7-6-11-4-2-3-5-13(11)14(12)8-9-15-10/h2-7H,8-9H2,1H3. The monoisotopic (exact) mass is 195 g/mol. The summed E-state index contributed by atoms with van der Waals surface area (Å²) in [6.07, 6.45) is 1.08. The predicted octanol–water partition coefficient (Wildman–Crippen LogP) is 3.20. The van der Waals surface area contributed by atoms with Crippen molar-refractivity contribution < 1.29 is 0 Å². The molecule has 0 aliphatic carbocycles. The molecule has 74 valence electrons. The van der Waals surface area contributed by atoms with Gasteiger partial charge in [0, 0.05) is 12.3 Å². The summed E-state index contributed by atoms with van der Waals surface area (Å²) in [6, 6.07) is 13.0. The Morgan fingerprint density at radius 2 is 1.93 bits per heavy atom. The van der Waals surface area contributed by atoms with Crippen LogP contribution >= 0.6 is 0 Å². The SMILES string of the molecule is CC1=NCCc2c1ccc1ccccc21. The van der Waals surface area contributed by atoms with Gasteiger partial charge >= 0.3 is 0 Å². The molecule has 0 unspecified atom stereocenters. The first-order valence-electron chi connectivity index (χ1n) is 5.38. The lowest BCUT2D eigenvalue weighted by atomic mass is 9.93. The highest BCUT2D eigenvalue weighted by Gasteiger charge is 2.12. The van der Waals surface area contributed by atoms with Crippen LogP contribution in [0.3, 0.4) is 0 Å². The lowest BCUT2D eigenvalue weighted by Gasteiger charge is -2.16. The first-order valence-corrected chi connectivity index (χ1v) is 5.38. The third-order valence-electron chi connectivity index (χ3n) is 3.14. The summed E-state index contributed by atoms with van der Waals surface area (Å²) in [4.78, 5) is 4.49. The maximum absolute atomic E-state index is 4.49. The maximum atomic E-state index is 4.49. The van der Waals surface area contributed by atoms with Gasteiger partial charge in [-0.25, -0.2) is 0 Å². The highest BCUT2D eigenvalue weighted by atomic mass is 14.7. The molecule has 1 heteroatoms. The molecule has 0 amide bonds. The molecule has 0 saturated heterocycles. The Morgan fingerprint density at radius 3 is 2.87 bits per heavy atom. The molecule has 1 aliphatic heterocycles. The summed E-state index contributed by atoms with van der Waals surface area (Å²) in [7, 11) is 0. The van der Waals surface area contributed by atoms with Crippen molar-refractivity contribution in [2.24, 2.45) is 4.99 Å². The van der Waals surface area contributed by atoms with E-state index in [-0.39, 0.29) is 0 Å². The van der Waals surface area contributed by atoms with E-state index in [9.17, 15) is 0 Å². The molecule has 2 aromatic rings. The second kappa shape index (κ2) is 3.20. The first-order chi connectivity index (χ1) is 7.36. The second-order valence-electron chi connectivity index (χ2n) is 4.03. The Balaban J connectivity index is 2.39. The van der Waals surface area contributed by atoms with Gasteiger partial charge in [0.05, 0.1) is 0 Å². The third-order valence-corrected chi connectivity index (χ3v) is 3.14. The second-order valence-corrected chi connectivity index (χ2v) is 4.03. The molecule has 0 bridgehead atoms. The van der Waals surface area contributed by atoms with Crippen molar-refractivity contribution in [1.29, 1.82) is 0 Å². The summed E-state index contributed by atoms with van der Waals surface area (Å²) in [5.41, 5.74) is 3.99. The minimum atomic E-state index is 0.937. The van der Waals surface area contributed by atoms with Crippen LogP contribution in [0.5, 0.6) is 0 Å². The van der Waals surface area contributed by atoms with Crippen molar-refractivity contribution >= 4 is 16.5 Å². The quantitative estimate of drug-likeness (QED) is 0.612. The molecule has 1 heterocycles. The van der Waals surface area contributed by atoms with Gasteiger partial charge in [0.15, 0.2) is 0 Å². The van der Waals surface area contributed by atoms with Crippen LogP contribution in [0, 0.1) is 0 Å². The van der Waals surface area contributed by atoms with E-state index in [1.807, 2.05) is 0 Å². The molecule has 0 atom stereocenters. The zero-order valence-corrected chi connectivity index (χ0v) is 8.83. The number of rotatable bonds is 0. The van der Waals surface area contributed by atoms with Crippen LogP contribution in [0.1, 0.15) is 18.1 Å². The molecule has 1 aliphatic rings. The van der Waals surface area contributed by atoms with Gasteiger partial charge in [-0.05, 0) is 35.2 Å². The smallest absolute Gasteiger partial charge is 0.0433 e. The van der Waals surface area contributed by atoms with Gasteiger partial charge in [-0.2, -0.15) is 0 Å². The van der Waals surface area contributed by atoms with E-state index in [0.717, 1.165) is 13.0 Å². The highest BCUT2D eigenvalue weighted by Crippen LogP contribution is 2.25. The highest BCUT2D eigenvalue weighted by molar-refractivity contribution is 6.05. The van der Waals surface area contributed by atoms with Gasteiger partial charge in [0.25, 0.3) is 0 Å². The molecule has 0 aromatic heterocycles. The zero-order valence-electron chi connectivity index (χ0n) is 8.83. The van der Waals surface area contributed by atoms with Crippen LogP contribution in [-0.4, -0.2) is 12.3 Å². The minimum absolute atomic E-state index is 0.937. The van der Waals surface area contributed by atoms with E-state index in [1.54, 1.807) is 0 Å². The summed E-state index contributed by atoms with van der Waals surface area (Å²) in [5, 5.41) is 2.73. The molecular formula is C14H13N. The topological polar surface area (TPSA) is 12.4 Å². The van der Waals surface area contributed by atoms with E-state index in [2.05, 4.69) is 48.3 Å². The Hall–Kier alpha value is -1.63. The van der Waals surface area contributed by atoms with Crippen molar-refractivity contribution in [2.75, 3.05) is 6.54 Å². The van der Waals surface area contributed by atoms with Gasteiger partial charge in [-0.1, -0.05) is 36.4 Å². The third kappa shape index (κ3) is 1.27. The fourth-order valence-electron chi connectivity index (χ4n) is 2.36. The molecule has 15 heavy (non-hydrogen) atoms. The Labute approximate surface area is 89.5 Å². The largest absolute Gasteiger partial charge is 0.289 e. The van der Waals surface area contributed by atoms with Crippen LogP contribution < -0.4 is 0 Å². The van der Waals surface area contributed by atoms with Gasteiger partial charge in [-0.15, -0.1) is 0 Å². The molecule has 0 N–H and O–H groups in total. The maximum Gasteiger partial charge on any atom is 0.0433 e. The average molecular weight is 195 g/mol. The predicted molar refractivity (Wildman–Crippen MR) is 64.7 cm³/mol. The van der Waals surface area contributed by atoms with Gasteiger partial charge < -0.3 is 0 Å². The number of hydrogen-bond acceptors (Lipinski definition) is 1. The molecule has 3 rings (SSSR count). The number of hydrogen-bond donors (Lipinski definition) is 0. The normalized spacial score (nSPS) is 14.9. The van der Waals surface area contributed by atoms with Crippen molar-refractivity contribution in [2.45, 2.75) is 13.3 Å². The van der Waals surface area contributed by atoms with Crippen LogP contribution in [0.15, 0.2) is 41.4 Å². The summed E-state index contributed by atoms with van der Waals surface area (Å²) in [5.74, 6) is 0. The van der Waals surface area contributed by atoms with Crippen LogP contribution in [0.4, 0.5) is 0 Å². The number of aliphatic imine (C=N–C) groups is 1. The lowest BCUT2D eigenvalue weighted by Crippen LogP contribution is -2.10. The van der Waals surface area contributed by atoms with Crippen molar-refractivity contribution in [1.82, 2.24) is 0 Å². The van der Waals surface area contributed by atoms with Crippen molar-refractivity contribution in [3.63, 3.8) is 0 Å². The fourth-order valence-corrected chi connectivity index (χ4v) is 2.36. The molecule has 0 spiro atoms. The van der Waals surface area contributed by atoms with E-state index in [1.165, 1.54) is 27.6 Å². The fraction of sp³-hybridized carbons (Fsp3) is 0.214. The number of fused-ring (bicyclic) bond motifs is 3. The Morgan fingerprint density at radius 1 is 1.07 bits per heavy atom. The lowest BCUT2D eigenvalue weighted by molar-refractivity contribution is 0.950. The molecule has 0 radical (unpaired) electrons. The van der Waals surface area contributed by atoms with E-state index < -0.39 is 0 Å². The van der Waals surface area contributed by atoms with E-state index >= 15 is 0 Å². The molecule has 0 fully saturated rings. The minimum Gasteiger partial charge on any atom is -0.289 e. The van der Waals surface area contributed by atoms with Crippen molar-refractivity contribution in [3.05, 3.63) is 47.5 Å². The van der Waals surface area contributed by atoms with E-state index in [0.29, 0.717) is 0 Å². The molecule has 1 nitrogen and oxygen atoms in total.